The largest absolute Gasteiger partial charge is 0.362 e. The number of carbonyl (C=O) groups excluding carboxylic acids is 1. The van der Waals surface area contributed by atoms with E-state index in [2.05, 4.69) is 62.2 Å². The van der Waals surface area contributed by atoms with Gasteiger partial charge in [-0.3, -0.25) is 4.79 Å². The van der Waals surface area contributed by atoms with Gasteiger partial charge in [-0.1, -0.05) is 47.1 Å². The van der Waals surface area contributed by atoms with Crippen LogP contribution in [0.1, 0.15) is 41.9 Å². The van der Waals surface area contributed by atoms with Gasteiger partial charge in [0.05, 0.1) is 17.8 Å². The fourth-order valence-electron chi connectivity index (χ4n) is 3.81. The summed E-state index contributed by atoms with van der Waals surface area (Å²) in [6, 6.07) is 18.0. The lowest BCUT2D eigenvalue weighted by molar-refractivity contribution is -0.115. The number of aryl methyl sites for hydroxylation is 3. The molecular weight excluding hydrogens is 440 g/mol. The van der Waals surface area contributed by atoms with E-state index in [0.29, 0.717) is 23.2 Å². The maximum absolute atomic E-state index is 12.0. The first kappa shape index (κ1) is 23.6. The molecule has 35 heavy (non-hydrogen) atoms. The molecule has 0 aliphatic rings. The quantitative estimate of drug-likeness (QED) is 0.356. The van der Waals surface area contributed by atoms with Crippen molar-refractivity contribution < 1.29 is 9.32 Å². The Morgan fingerprint density at radius 2 is 1.86 bits per heavy atom. The van der Waals surface area contributed by atoms with E-state index in [4.69, 9.17) is 9.78 Å². The lowest BCUT2D eigenvalue weighted by Gasteiger charge is -2.19. The Morgan fingerprint density at radius 3 is 2.54 bits per heavy atom. The Kier molecular flexibility index (Phi) is 6.88. The van der Waals surface area contributed by atoms with E-state index < -0.39 is 0 Å². The molecule has 2 aromatic heterocycles. The van der Waals surface area contributed by atoms with Gasteiger partial charge < -0.3 is 15.2 Å². The van der Waals surface area contributed by atoms with E-state index in [9.17, 15) is 4.79 Å². The molecule has 4 rings (SSSR count). The molecule has 0 bridgehead atoms. The van der Waals surface area contributed by atoms with Crippen LogP contribution in [-0.4, -0.2) is 21.0 Å². The average Bonchev–Trinajstić information content (AvgIpc) is 3.27. The zero-order valence-corrected chi connectivity index (χ0v) is 20.1. The van der Waals surface area contributed by atoms with Crippen molar-refractivity contribution in [1.82, 2.24) is 15.1 Å². The highest BCUT2D eigenvalue weighted by Gasteiger charge is 2.16. The first-order chi connectivity index (χ1) is 16.9. The van der Waals surface area contributed by atoms with Gasteiger partial charge in [0, 0.05) is 11.8 Å². The van der Waals surface area contributed by atoms with Gasteiger partial charge in [-0.15, -0.1) is 0 Å². The van der Waals surface area contributed by atoms with Crippen LogP contribution in [0.5, 0.6) is 0 Å². The minimum absolute atomic E-state index is 0.0824. The van der Waals surface area contributed by atoms with Crippen molar-refractivity contribution in [2.24, 2.45) is 0 Å². The summed E-state index contributed by atoms with van der Waals surface area (Å²) >= 11 is 0. The van der Waals surface area contributed by atoms with Crippen LogP contribution in [0.4, 0.5) is 11.5 Å². The van der Waals surface area contributed by atoms with Crippen molar-refractivity contribution >= 4 is 17.4 Å². The van der Waals surface area contributed by atoms with Gasteiger partial charge in [0.15, 0.2) is 11.6 Å². The van der Waals surface area contributed by atoms with Crippen LogP contribution in [0.25, 0.3) is 22.6 Å². The summed E-state index contributed by atoms with van der Waals surface area (Å²) < 4.78 is 5.43. The first-order valence-corrected chi connectivity index (χ1v) is 11.3. The van der Waals surface area contributed by atoms with Crippen molar-refractivity contribution in [2.75, 3.05) is 10.6 Å². The predicted molar refractivity (Wildman–Crippen MR) is 135 cm³/mol. The Labute approximate surface area is 204 Å². The molecule has 0 fully saturated rings. The second-order valence-electron chi connectivity index (χ2n) is 8.42. The Balaban J connectivity index is 1.58. The maximum atomic E-state index is 12.0. The third-order valence-corrected chi connectivity index (χ3v) is 5.67. The fourth-order valence-corrected chi connectivity index (χ4v) is 3.81. The third-order valence-electron chi connectivity index (χ3n) is 5.67. The number of aromatic nitrogens is 3. The number of carbonyl (C=O) groups is 1. The molecule has 0 radical (unpaired) electrons. The lowest BCUT2D eigenvalue weighted by Crippen LogP contribution is -2.16. The van der Waals surface area contributed by atoms with E-state index in [1.807, 2.05) is 39.0 Å². The van der Waals surface area contributed by atoms with Gasteiger partial charge in [0.1, 0.15) is 6.42 Å². The fraction of sp³-hybridized carbons (Fsp3) is 0.222. The van der Waals surface area contributed by atoms with Crippen LogP contribution in [0.3, 0.4) is 0 Å². The molecular formula is C27H26N6O2. The predicted octanol–water partition coefficient (Wildman–Crippen LogP) is 5.75. The highest BCUT2D eigenvalue weighted by Crippen LogP contribution is 2.33. The van der Waals surface area contributed by atoms with Crippen LogP contribution >= 0.6 is 0 Å². The minimum Gasteiger partial charge on any atom is -0.362 e. The molecule has 2 N–H and O–H groups in total. The Morgan fingerprint density at radius 1 is 1.09 bits per heavy atom. The highest BCUT2D eigenvalue weighted by atomic mass is 16.5. The van der Waals surface area contributed by atoms with Crippen molar-refractivity contribution in [3.8, 4) is 28.7 Å². The van der Waals surface area contributed by atoms with Crippen LogP contribution in [0.15, 0.2) is 59.3 Å². The topological polar surface area (TPSA) is 117 Å². The average molecular weight is 467 g/mol. The van der Waals surface area contributed by atoms with E-state index in [-0.39, 0.29) is 18.4 Å². The summed E-state index contributed by atoms with van der Waals surface area (Å²) in [6.07, 6.45) is 1.47. The molecule has 1 atom stereocenters. The van der Waals surface area contributed by atoms with Crippen molar-refractivity contribution in [1.29, 1.82) is 5.26 Å². The van der Waals surface area contributed by atoms with Gasteiger partial charge >= 0.3 is 0 Å². The second kappa shape index (κ2) is 10.2. The Bertz CT molecular complexity index is 1400. The van der Waals surface area contributed by atoms with E-state index in [1.54, 1.807) is 13.1 Å². The number of pyridine rings is 1. The molecule has 2 aromatic carbocycles. The molecule has 8 nitrogen and oxygen atoms in total. The monoisotopic (exact) mass is 466 g/mol. The number of nitrogens with zero attached hydrogens (tertiary/aromatic N) is 4. The van der Waals surface area contributed by atoms with E-state index in [0.717, 1.165) is 33.4 Å². The van der Waals surface area contributed by atoms with Gasteiger partial charge in [-0.2, -0.15) is 10.2 Å². The highest BCUT2D eigenvalue weighted by molar-refractivity contribution is 5.95. The molecule has 0 saturated carbocycles. The third kappa shape index (κ3) is 5.36. The number of hydrogen-bond acceptors (Lipinski definition) is 7. The normalized spacial score (nSPS) is 11.5. The lowest BCUT2D eigenvalue weighted by atomic mass is 9.96. The van der Waals surface area contributed by atoms with Crippen LogP contribution in [-0.2, 0) is 4.79 Å². The summed E-state index contributed by atoms with van der Waals surface area (Å²) in [5.74, 6) is 1.28. The van der Waals surface area contributed by atoms with Gasteiger partial charge in [-0.05, 0) is 62.1 Å². The van der Waals surface area contributed by atoms with E-state index >= 15 is 0 Å². The smallest absolute Gasteiger partial charge is 0.258 e. The van der Waals surface area contributed by atoms with Crippen molar-refractivity contribution in [3.05, 3.63) is 77.2 Å². The summed E-state index contributed by atoms with van der Waals surface area (Å²) in [5, 5.41) is 18.9. The van der Waals surface area contributed by atoms with E-state index in [1.165, 1.54) is 0 Å². The van der Waals surface area contributed by atoms with Crippen LogP contribution < -0.4 is 10.6 Å². The molecule has 4 aromatic rings. The molecule has 1 amide bonds. The summed E-state index contributed by atoms with van der Waals surface area (Å²) in [4.78, 5) is 20.8. The number of hydrogen-bond donors (Lipinski definition) is 2. The molecule has 8 heteroatoms. The molecule has 0 aliphatic carbocycles. The van der Waals surface area contributed by atoms with Crippen molar-refractivity contribution in [3.63, 3.8) is 0 Å². The number of rotatable bonds is 7. The molecule has 176 valence electrons. The molecule has 2 heterocycles. The summed E-state index contributed by atoms with van der Waals surface area (Å²) in [7, 11) is 0. The number of benzene rings is 2. The second-order valence-corrected chi connectivity index (χ2v) is 8.42. The minimum atomic E-state index is -0.367. The SMILES string of the molecule is Cc1ccc(-c2ccc(C(C)Nc3nccc(C)c3NC(=O)CC#N)cc2)c(-c2nc(C)no2)c1. The number of nitrogens with one attached hydrogen (secondary N) is 2. The van der Waals surface area contributed by atoms with Crippen LogP contribution in [0, 0.1) is 32.1 Å². The molecule has 1 unspecified atom stereocenters. The zero-order chi connectivity index (χ0) is 24.9. The zero-order valence-electron chi connectivity index (χ0n) is 20.1. The summed E-state index contributed by atoms with van der Waals surface area (Å²) in [6.45, 7) is 7.75. The van der Waals surface area contributed by atoms with Crippen molar-refractivity contribution in [2.45, 2.75) is 40.2 Å². The standard InChI is InChI=1S/C27H26N6O2/c1-16-5-10-22(23(15-16)27-31-19(4)33-35-27)21-8-6-20(7-9-21)18(3)30-26-25(17(2)12-14-29-26)32-24(34)11-13-28/h5-10,12,14-15,18H,11H2,1-4H3,(H,29,30)(H,32,34). The molecule has 0 spiro atoms. The summed E-state index contributed by atoms with van der Waals surface area (Å²) in [5.41, 5.74) is 6.53. The maximum Gasteiger partial charge on any atom is 0.258 e. The number of anilines is 2. The van der Waals surface area contributed by atoms with Gasteiger partial charge in [0.2, 0.25) is 5.91 Å². The Hall–Kier alpha value is -4.51. The van der Waals surface area contributed by atoms with Gasteiger partial charge in [0.25, 0.3) is 5.89 Å². The number of amides is 1. The molecule has 0 saturated heterocycles. The first-order valence-electron chi connectivity index (χ1n) is 11.3. The number of nitriles is 1. The van der Waals surface area contributed by atoms with Gasteiger partial charge in [-0.25, -0.2) is 4.98 Å². The van der Waals surface area contributed by atoms with Crippen LogP contribution in [0.2, 0.25) is 0 Å². The molecule has 0 aliphatic heterocycles.